The molecular formula is C17H36O7. The van der Waals surface area contributed by atoms with E-state index in [-0.39, 0.29) is 0 Å². The highest BCUT2D eigenvalue weighted by atomic mass is 16.6. The molecule has 4 unspecified atom stereocenters. The molecule has 146 valence electrons. The largest absolute Gasteiger partial charge is 0.400 e. The van der Waals surface area contributed by atoms with E-state index in [2.05, 4.69) is 0 Å². The first-order valence-corrected chi connectivity index (χ1v) is 8.67. The van der Waals surface area contributed by atoms with Crippen molar-refractivity contribution >= 4 is 0 Å². The van der Waals surface area contributed by atoms with Crippen molar-refractivity contribution in [2.24, 2.45) is 0 Å². The van der Waals surface area contributed by atoms with Crippen molar-refractivity contribution in [1.82, 2.24) is 0 Å². The van der Waals surface area contributed by atoms with Crippen LogP contribution >= 0.6 is 0 Å². The third-order valence-electron chi connectivity index (χ3n) is 3.65. The Morgan fingerprint density at radius 3 is 1.50 bits per heavy atom. The van der Waals surface area contributed by atoms with Gasteiger partial charge in [-0.1, -0.05) is 0 Å². The van der Waals surface area contributed by atoms with Gasteiger partial charge in [0.25, 0.3) is 0 Å². The molecule has 0 aromatic carbocycles. The number of aliphatic hydroxyl groups excluding tert-OH is 3. The van der Waals surface area contributed by atoms with Gasteiger partial charge in [-0.05, 0) is 38.5 Å². The van der Waals surface area contributed by atoms with Gasteiger partial charge in [-0.25, -0.2) is 0 Å². The number of aliphatic hydroxyl groups is 3. The molecule has 0 aliphatic carbocycles. The normalized spacial score (nSPS) is 23.2. The van der Waals surface area contributed by atoms with Crippen LogP contribution in [-0.2, 0) is 18.9 Å². The molecule has 2 saturated heterocycles. The van der Waals surface area contributed by atoms with Crippen molar-refractivity contribution in [3.8, 4) is 0 Å². The van der Waals surface area contributed by atoms with Gasteiger partial charge in [0.05, 0.1) is 50.8 Å². The van der Waals surface area contributed by atoms with Crippen molar-refractivity contribution in [3.05, 3.63) is 0 Å². The summed E-state index contributed by atoms with van der Waals surface area (Å²) in [5.74, 6) is 0. The maximum atomic E-state index is 9.25. The zero-order valence-electron chi connectivity index (χ0n) is 15.4. The van der Waals surface area contributed by atoms with Crippen molar-refractivity contribution < 1.29 is 34.3 Å². The molecule has 0 bridgehead atoms. The lowest BCUT2D eigenvalue weighted by Crippen LogP contribution is -2.17. The second-order valence-electron chi connectivity index (χ2n) is 5.99. The van der Waals surface area contributed by atoms with E-state index < -0.39 is 12.2 Å². The molecule has 4 atom stereocenters. The fourth-order valence-electron chi connectivity index (χ4n) is 2.18. The van der Waals surface area contributed by atoms with Crippen LogP contribution in [0.25, 0.3) is 0 Å². The number of rotatable bonds is 12. The Bertz CT molecular complexity index is 233. The van der Waals surface area contributed by atoms with Gasteiger partial charge in [0, 0.05) is 21.3 Å². The van der Waals surface area contributed by atoms with Crippen LogP contribution in [0.15, 0.2) is 0 Å². The van der Waals surface area contributed by atoms with E-state index in [0.717, 1.165) is 26.7 Å². The Hall–Kier alpha value is -0.280. The molecular weight excluding hydrogens is 316 g/mol. The average molecular weight is 352 g/mol. The third kappa shape index (κ3) is 16.6. The number of epoxide rings is 2. The predicted molar refractivity (Wildman–Crippen MR) is 91.1 cm³/mol. The molecule has 2 aliphatic heterocycles. The van der Waals surface area contributed by atoms with Crippen molar-refractivity contribution in [2.45, 2.75) is 62.9 Å². The van der Waals surface area contributed by atoms with Crippen molar-refractivity contribution in [2.75, 3.05) is 47.8 Å². The van der Waals surface area contributed by atoms with Gasteiger partial charge in [0.2, 0.25) is 0 Å². The predicted octanol–water partition coefficient (Wildman–Crippen LogP) is 0.734. The van der Waals surface area contributed by atoms with E-state index >= 15 is 0 Å². The molecule has 0 aromatic heterocycles. The van der Waals surface area contributed by atoms with Gasteiger partial charge in [-0.3, -0.25) is 0 Å². The zero-order chi connectivity index (χ0) is 18.2. The summed E-state index contributed by atoms with van der Waals surface area (Å²) in [5.41, 5.74) is 0. The van der Waals surface area contributed by atoms with Crippen LogP contribution in [0, 0.1) is 0 Å². The van der Waals surface area contributed by atoms with E-state index in [1.165, 1.54) is 19.3 Å². The molecule has 2 fully saturated rings. The van der Waals surface area contributed by atoms with E-state index in [0.29, 0.717) is 38.3 Å². The Balaban J connectivity index is 0.000000415. The summed E-state index contributed by atoms with van der Waals surface area (Å²) < 4.78 is 19.7. The Morgan fingerprint density at radius 2 is 1.21 bits per heavy atom. The van der Waals surface area contributed by atoms with Crippen LogP contribution in [0.2, 0.25) is 0 Å². The second-order valence-corrected chi connectivity index (χ2v) is 5.99. The van der Waals surface area contributed by atoms with Gasteiger partial charge in [-0.15, -0.1) is 0 Å². The first-order chi connectivity index (χ1) is 11.7. The summed E-state index contributed by atoms with van der Waals surface area (Å²) >= 11 is 0. The average Bonchev–Trinajstić information content (AvgIpc) is 3.46. The molecule has 0 spiro atoms. The number of hydrogen-bond donors (Lipinski definition) is 3. The summed E-state index contributed by atoms with van der Waals surface area (Å²) in [6.45, 7) is 2.73. The lowest BCUT2D eigenvalue weighted by atomic mass is 10.1. The van der Waals surface area contributed by atoms with Crippen LogP contribution in [-0.4, -0.2) is 87.5 Å². The van der Waals surface area contributed by atoms with Gasteiger partial charge < -0.3 is 34.3 Å². The molecule has 0 aromatic rings. The monoisotopic (exact) mass is 352 g/mol. The Morgan fingerprint density at radius 1 is 0.833 bits per heavy atom. The highest BCUT2D eigenvalue weighted by Gasteiger charge is 2.25. The fourth-order valence-corrected chi connectivity index (χ4v) is 2.18. The highest BCUT2D eigenvalue weighted by Crippen LogP contribution is 2.21. The zero-order valence-corrected chi connectivity index (χ0v) is 15.4. The van der Waals surface area contributed by atoms with E-state index in [1.807, 2.05) is 0 Å². The molecule has 0 saturated carbocycles. The van der Waals surface area contributed by atoms with Crippen LogP contribution in [0.3, 0.4) is 0 Å². The van der Waals surface area contributed by atoms with Crippen LogP contribution < -0.4 is 0 Å². The number of ether oxygens (including phenoxy) is 4. The molecule has 7 nitrogen and oxygen atoms in total. The Kier molecular flexibility index (Phi) is 16.0. The Labute approximate surface area is 145 Å². The van der Waals surface area contributed by atoms with Gasteiger partial charge >= 0.3 is 0 Å². The smallest absolute Gasteiger partial charge is 0.0810 e. The molecule has 24 heavy (non-hydrogen) atoms. The molecule has 0 amide bonds. The minimum Gasteiger partial charge on any atom is -0.400 e. The molecule has 2 heterocycles. The van der Waals surface area contributed by atoms with Crippen LogP contribution in [0.5, 0.6) is 0 Å². The third-order valence-corrected chi connectivity index (χ3v) is 3.65. The maximum Gasteiger partial charge on any atom is 0.0810 e. The summed E-state index contributed by atoms with van der Waals surface area (Å²) in [6.07, 6.45) is 6.29. The van der Waals surface area contributed by atoms with E-state index in [1.54, 1.807) is 14.2 Å². The standard InChI is InChI=1S/C9H20O4.C7H12O2.CH4O/c1-12-6-8(10)4-3-5-9(11)7-13-2;1(2-6-4-8-6)3-7-5-9-7;1-2/h8-11H,3-7H2,1-2H3;6-7H,1-5H2;2H,1H3. The molecule has 3 N–H and O–H groups in total. The number of methoxy groups -OCH3 is 2. The molecule has 0 radical (unpaired) electrons. The van der Waals surface area contributed by atoms with E-state index in [4.69, 9.17) is 24.1 Å². The summed E-state index contributed by atoms with van der Waals surface area (Å²) in [7, 11) is 4.12. The van der Waals surface area contributed by atoms with Gasteiger partial charge in [0.1, 0.15) is 0 Å². The molecule has 7 heteroatoms. The van der Waals surface area contributed by atoms with Gasteiger partial charge in [0.15, 0.2) is 0 Å². The summed E-state index contributed by atoms with van der Waals surface area (Å²) in [5, 5.41) is 25.5. The highest BCUT2D eigenvalue weighted by molar-refractivity contribution is 4.73. The lowest BCUT2D eigenvalue weighted by molar-refractivity contribution is 0.0407. The maximum absolute atomic E-state index is 9.25. The first-order valence-electron chi connectivity index (χ1n) is 8.67. The van der Waals surface area contributed by atoms with Crippen molar-refractivity contribution in [1.29, 1.82) is 0 Å². The van der Waals surface area contributed by atoms with Crippen LogP contribution in [0.4, 0.5) is 0 Å². The summed E-state index contributed by atoms with van der Waals surface area (Å²) in [6, 6.07) is 0. The van der Waals surface area contributed by atoms with Crippen LogP contribution in [0.1, 0.15) is 38.5 Å². The quantitative estimate of drug-likeness (QED) is 0.445. The number of hydrogen-bond acceptors (Lipinski definition) is 7. The minimum atomic E-state index is -0.417. The first kappa shape index (κ1) is 23.7. The second kappa shape index (κ2) is 16.2. The van der Waals surface area contributed by atoms with Gasteiger partial charge in [-0.2, -0.15) is 0 Å². The molecule has 2 rings (SSSR count). The summed E-state index contributed by atoms with van der Waals surface area (Å²) in [4.78, 5) is 0. The SMILES string of the molecule is C(CC1CO1)CC1CO1.CO.COCC(O)CCCC(O)COC. The van der Waals surface area contributed by atoms with E-state index in [9.17, 15) is 10.2 Å². The lowest BCUT2D eigenvalue weighted by Gasteiger charge is -2.11. The molecule has 2 aliphatic rings. The van der Waals surface area contributed by atoms with Crippen molar-refractivity contribution in [3.63, 3.8) is 0 Å². The minimum absolute atomic E-state index is 0.361. The topological polar surface area (TPSA) is 104 Å². The fraction of sp³-hybridized carbons (Fsp3) is 1.00.